The molecule has 2 aliphatic rings. The number of nitrogens with zero attached hydrogens (tertiary/aromatic N) is 2. The van der Waals surface area contributed by atoms with Crippen molar-refractivity contribution in [3.63, 3.8) is 0 Å². The summed E-state index contributed by atoms with van der Waals surface area (Å²) in [5.74, 6) is 2.15. The van der Waals surface area contributed by atoms with Gasteiger partial charge in [-0.2, -0.15) is 0 Å². The number of hydrogen-bond donors (Lipinski definition) is 1. The van der Waals surface area contributed by atoms with Crippen LogP contribution in [-0.4, -0.2) is 48.6 Å². The Morgan fingerprint density at radius 1 is 1.26 bits per heavy atom. The molecule has 0 saturated carbocycles. The van der Waals surface area contributed by atoms with Crippen molar-refractivity contribution < 1.29 is 9.53 Å². The number of hydrogen-bond acceptors (Lipinski definition) is 4. The molecule has 1 aromatic rings. The number of amides is 1. The molecule has 1 amide bonds. The average molecular weight is 317 g/mol. The van der Waals surface area contributed by atoms with Gasteiger partial charge in [-0.05, 0) is 63.2 Å². The number of carbonyl (C=O) groups excluding carboxylic acids is 1. The topological polar surface area (TPSA) is 54.5 Å². The van der Waals surface area contributed by atoms with E-state index in [2.05, 4.69) is 15.2 Å². The van der Waals surface area contributed by atoms with Gasteiger partial charge in [0.1, 0.15) is 5.75 Å². The van der Waals surface area contributed by atoms with Crippen molar-refractivity contribution in [1.82, 2.24) is 15.2 Å². The third-order valence-electron chi connectivity index (χ3n) is 5.04. The van der Waals surface area contributed by atoms with Gasteiger partial charge in [-0.15, -0.1) is 0 Å². The van der Waals surface area contributed by atoms with Gasteiger partial charge in [0, 0.05) is 25.2 Å². The second-order valence-corrected chi connectivity index (χ2v) is 6.62. The number of piperidine rings is 2. The monoisotopic (exact) mass is 317 g/mol. The highest BCUT2D eigenvalue weighted by atomic mass is 16.5. The Morgan fingerprint density at radius 2 is 2.04 bits per heavy atom. The van der Waals surface area contributed by atoms with Gasteiger partial charge in [0.25, 0.3) is 0 Å². The third kappa shape index (κ3) is 4.67. The van der Waals surface area contributed by atoms with E-state index in [-0.39, 0.29) is 5.92 Å². The van der Waals surface area contributed by atoms with Crippen molar-refractivity contribution >= 4 is 5.91 Å². The standard InChI is InChI=1S/C18H27N3O2/c22-18(16-3-9-19-10-4-16)21-11-5-15(6-12-21)7-13-23-17-2-1-8-20-14-17/h1-2,8,14-16,19H,3-7,9-13H2. The Bertz CT molecular complexity index is 480. The molecule has 1 aromatic heterocycles. The maximum Gasteiger partial charge on any atom is 0.225 e. The Balaban J connectivity index is 1.36. The lowest BCUT2D eigenvalue weighted by Gasteiger charge is -2.35. The quantitative estimate of drug-likeness (QED) is 0.903. The second-order valence-electron chi connectivity index (χ2n) is 6.62. The number of pyridine rings is 1. The number of rotatable bonds is 5. The molecule has 0 aliphatic carbocycles. The Labute approximate surface area is 138 Å². The van der Waals surface area contributed by atoms with Crippen LogP contribution in [0.5, 0.6) is 5.75 Å². The Hall–Kier alpha value is -1.62. The van der Waals surface area contributed by atoms with Crippen LogP contribution in [0.15, 0.2) is 24.5 Å². The smallest absolute Gasteiger partial charge is 0.225 e. The highest BCUT2D eigenvalue weighted by Gasteiger charge is 2.28. The van der Waals surface area contributed by atoms with Crippen LogP contribution in [0, 0.1) is 11.8 Å². The molecule has 5 nitrogen and oxygen atoms in total. The van der Waals surface area contributed by atoms with E-state index >= 15 is 0 Å². The van der Waals surface area contributed by atoms with E-state index in [1.165, 1.54) is 0 Å². The minimum atomic E-state index is 0.252. The lowest BCUT2D eigenvalue weighted by molar-refractivity contribution is -0.137. The summed E-state index contributed by atoms with van der Waals surface area (Å²) in [6.45, 7) is 4.54. The largest absolute Gasteiger partial charge is 0.492 e. The number of ether oxygens (including phenoxy) is 1. The molecule has 0 unspecified atom stereocenters. The van der Waals surface area contributed by atoms with E-state index < -0.39 is 0 Å². The van der Waals surface area contributed by atoms with Crippen molar-refractivity contribution in [3.05, 3.63) is 24.5 Å². The molecule has 0 atom stereocenters. The summed E-state index contributed by atoms with van der Waals surface area (Å²) in [4.78, 5) is 18.7. The molecule has 0 aromatic carbocycles. The Morgan fingerprint density at radius 3 is 2.74 bits per heavy atom. The van der Waals surface area contributed by atoms with E-state index in [0.29, 0.717) is 11.8 Å². The minimum absolute atomic E-state index is 0.252. The van der Waals surface area contributed by atoms with Gasteiger partial charge < -0.3 is 15.0 Å². The molecule has 5 heteroatoms. The molecule has 1 N–H and O–H groups in total. The fourth-order valence-corrected chi connectivity index (χ4v) is 3.55. The first-order chi connectivity index (χ1) is 11.3. The number of likely N-dealkylation sites (tertiary alicyclic amines) is 1. The molecular formula is C18H27N3O2. The van der Waals surface area contributed by atoms with Gasteiger partial charge in [-0.25, -0.2) is 0 Å². The summed E-state index contributed by atoms with van der Waals surface area (Å²) in [6, 6.07) is 3.83. The summed E-state index contributed by atoms with van der Waals surface area (Å²) in [6.07, 6.45) is 8.77. The summed E-state index contributed by atoms with van der Waals surface area (Å²) in [7, 11) is 0. The van der Waals surface area contributed by atoms with Crippen LogP contribution >= 0.6 is 0 Å². The number of aromatic nitrogens is 1. The third-order valence-corrected chi connectivity index (χ3v) is 5.04. The molecule has 3 heterocycles. The van der Waals surface area contributed by atoms with Crippen LogP contribution < -0.4 is 10.1 Å². The predicted molar refractivity (Wildman–Crippen MR) is 89.2 cm³/mol. The Kier molecular flexibility index (Phi) is 5.86. The van der Waals surface area contributed by atoms with Crippen LogP contribution in [0.25, 0.3) is 0 Å². The van der Waals surface area contributed by atoms with E-state index in [1.54, 1.807) is 12.4 Å². The molecular weight excluding hydrogens is 290 g/mol. The van der Waals surface area contributed by atoms with Crippen LogP contribution in [0.3, 0.4) is 0 Å². The average Bonchev–Trinajstić information content (AvgIpc) is 2.63. The maximum atomic E-state index is 12.5. The van der Waals surface area contributed by atoms with Gasteiger partial charge in [-0.3, -0.25) is 9.78 Å². The number of nitrogens with one attached hydrogen (secondary N) is 1. The highest BCUT2D eigenvalue weighted by Crippen LogP contribution is 2.24. The minimum Gasteiger partial charge on any atom is -0.492 e. The zero-order valence-electron chi connectivity index (χ0n) is 13.7. The van der Waals surface area contributed by atoms with Crippen LogP contribution in [0.2, 0.25) is 0 Å². The van der Waals surface area contributed by atoms with Gasteiger partial charge >= 0.3 is 0 Å². The first kappa shape index (κ1) is 16.2. The fraction of sp³-hybridized carbons (Fsp3) is 0.667. The van der Waals surface area contributed by atoms with Crippen molar-refractivity contribution in [2.45, 2.75) is 32.1 Å². The summed E-state index contributed by atoms with van der Waals surface area (Å²) in [5.41, 5.74) is 0. The van der Waals surface area contributed by atoms with Crippen LogP contribution in [-0.2, 0) is 4.79 Å². The van der Waals surface area contributed by atoms with Crippen molar-refractivity contribution in [2.75, 3.05) is 32.8 Å². The molecule has 0 spiro atoms. The molecule has 126 valence electrons. The first-order valence-corrected chi connectivity index (χ1v) is 8.85. The van der Waals surface area contributed by atoms with E-state index in [9.17, 15) is 4.79 Å². The van der Waals surface area contributed by atoms with Crippen LogP contribution in [0.4, 0.5) is 0 Å². The maximum absolute atomic E-state index is 12.5. The van der Waals surface area contributed by atoms with Crippen molar-refractivity contribution in [2.24, 2.45) is 11.8 Å². The molecule has 0 bridgehead atoms. The first-order valence-electron chi connectivity index (χ1n) is 8.85. The zero-order chi connectivity index (χ0) is 15.9. The van der Waals surface area contributed by atoms with E-state index in [1.807, 2.05) is 12.1 Å². The lowest BCUT2D eigenvalue weighted by Crippen LogP contribution is -2.44. The lowest BCUT2D eigenvalue weighted by atomic mass is 9.91. The van der Waals surface area contributed by atoms with Gasteiger partial charge in [0.2, 0.25) is 5.91 Å². The molecule has 3 rings (SSSR count). The SMILES string of the molecule is O=C(C1CCNCC1)N1CCC(CCOc2cccnc2)CC1. The zero-order valence-corrected chi connectivity index (χ0v) is 13.7. The van der Waals surface area contributed by atoms with Gasteiger partial charge in [0.05, 0.1) is 12.8 Å². The molecule has 2 saturated heterocycles. The van der Waals surface area contributed by atoms with E-state index in [4.69, 9.17) is 4.74 Å². The van der Waals surface area contributed by atoms with Crippen molar-refractivity contribution in [1.29, 1.82) is 0 Å². The predicted octanol–water partition coefficient (Wildman–Crippen LogP) is 2.09. The summed E-state index contributed by atoms with van der Waals surface area (Å²) >= 11 is 0. The highest BCUT2D eigenvalue weighted by molar-refractivity contribution is 5.79. The fourth-order valence-electron chi connectivity index (χ4n) is 3.55. The summed E-state index contributed by atoms with van der Waals surface area (Å²) in [5, 5.41) is 3.33. The van der Waals surface area contributed by atoms with Gasteiger partial charge in [-0.1, -0.05) is 0 Å². The summed E-state index contributed by atoms with van der Waals surface area (Å²) < 4.78 is 5.73. The van der Waals surface area contributed by atoms with E-state index in [0.717, 1.165) is 70.6 Å². The molecule has 2 fully saturated rings. The van der Waals surface area contributed by atoms with Crippen LogP contribution in [0.1, 0.15) is 32.1 Å². The second kappa shape index (κ2) is 8.29. The normalized spacial score (nSPS) is 20.4. The van der Waals surface area contributed by atoms with Crippen molar-refractivity contribution in [3.8, 4) is 5.75 Å². The van der Waals surface area contributed by atoms with Gasteiger partial charge in [0.15, 0.2) is 0 Å². The molecule has 23 heavy (non-hydrogen) atoms. The molecule has 0 radical (unpaired) electrons. The molecule has 2 aliphatic heterocycles. The number of carbonyl (C=O) groups is 1.